The van der Waals surface area contributed by atoms with Crippen LogP contribution in [-0.4, -0.2) is 144 Å². The maximum Gasteiger partial charge on any atom is 0.430 e. The summed E-state index contributed by atoms with van der Waals surface area (Å²) in [5.74, 6) is -5.70. The lowest BCUT2D eigenvalue weighted by Gasteiger charge is -2.46. The van der Waals surface area contributed by atoms with Gasteiger partial charge in [0.25, 0.3) is 0 Å². The number of alkyl halides is 6. The Kier molecular flexibility index (Phi) is 16.9. The highest BCUT2D eigenvalue weighted by Gasteiger charge is 2.48. The summed E-state index contributed by atoms with van der Waals surface area (Å²) < 4.78 is 108. The standard InChI is InChI=1S/C34H47Cl2N5O5S.2C2HF3O2/c1-24-22-25(2)37-32-26(24)8-7-9-29(32)46-23-27-28(35)10-11-30(31(27)36)47(43,44)38-34(12-20-45-21-13-34)33(42)39-14-16-41(6,17-15-39)19-18-40(3,4)5;2*3-2(4,5)1(6)7/h7-11,22,38H,12-21,23H2,1-6H3;2*(H,6,7)/q+2;;/p-2. The van der Waals surface area contributed by atoms with Crippen LogP contribution in [0.1, 0.15) is 29.7 Å². The minimum Gasteiger partial charge on any atom is -0.542 e. The van der Waals surface area contributed by atoms with Gasteiger partial charge in [0.05, 0.1) is 59.4 Å². The van der Waals surface area contributed by atoms with E-state index in [1.165, 1.54) is 12.1 Å². The first-order valence-electron chi connectivity index (χ1n) is 18.5. The van der Waals surface area contributed by atoms with Gasteiger partial charge in [-0.05, 0) is 56.5 Å². The van der Waals surface area contributed by atoms with Crippen molar-refractivity contribution in [3.8, 4) is 5.75 Å². The third kappa shape index (κ3) is 14.3. The van der Waals surface area contributed by atoms with Crippen molar-refractivity contribution in [1.29, 1.82) is 0 Å². The number of likely N-dealkylation sites (N-methyl/N-ethyl adjacent to an activating group) is 2. The number of carboxylic acids is 2. The Morgan fingerprint density at radius 3 is 2.02 bits per heavy atom. The van der Waals surface area contributed by atoms with Crippen LogP contribution in [0.15, 0.2) is 41.3 Å². The van der Waals surface area contributed by atoms with E-state index in [-0.39, 0.29) is 53.5 Å². The third-order valence-corrected chi connectivity index (χ3v) is 12.4. The highest BCUT2D eigenvalue weighted by molar-refractivity contribution is 7.89. The monoisotopic (exact) mass is 933 g/mol. The van der Waals surface area contributed by atoms with Crippen molar-refractivity contribution in [3.05, 3.63) is 63.3 Å². The summed E-state index contributed by atoms with van der Waals surface area (Å²) in [6.07, 6.45) is -9.94. The van der Waals surface area contributed by atoms with Crippen LogP contribution >= 0.6 is 23.2 Å². The topological polar surface area (TPSA) is 178 Å². The largest absolute Gasteiger partial charge is 0.542 e. The zero-order chi connectivity index (χ0) is 46.4. The van der Waals surface area contributed by atoms with Crippen LogP contribution in [0, 0.1) is 13.8 Å². The van der Waals surface area contributed by atoms with Gasteiger partial charge in [0.2, 0.25) is 15.9 Å². The number of nitrogens with one attached hydrogen (secondary N) is 1. The Balaban J connectivity index is 0.000000609. The van der Waals surface area contributed by atoms with Crippen molar-refractivity contribution >= 4 is 62.0 Å². The maximum atomic E-state index is 14.2. The number of ether oxygens (including phenoxy) is 2. The predicted molar refractivity (Wildman–Crippen MR) is 208 cm³/mol. The molecule has 0 spiro atoms. The number of aryl methyl sites for hydroxylation is 2. The predicted octanol–water partition coefficient (Wildman–Crippen LogP) is 3.16. The Hall–Kier alpha value is -3.99. The van der Waals surface area contributed by atoms with E-state index in [1.807, 2.05) is 43.0 Å². The number of fused-ring (bicyclic) bond motifs is 1. The number of pyridine rings is 1. The van der Waals surface area contributed by atoms with Gasteiger partial charge >= 0.3 is 12.4 Å². The van der Waals surface area contributed by atoms with E-state index in [2.05, 4.69) is 37.9 Å². The average Bonchev–Trinajstić information content (AvgIpc) is 3.13. The molecule has 5 rings (SSSR count). The number of carbonyl (C=O) groups is 3. The van der Waals surface area contributed by atoms with E-state index in [4.69, 9.17) is 52.5 Å². The first kappa shape index (κ1) is 51.4. The molecule has 0 atom stereocenters. The van der Waals surface area contributed by atoms with Gasteiger partial charge in [-0.1, -0.05) is 35.3 Å². The average molecular weight is 935 g/mol. The second-order valence-electron chi connectivity index (χ2n) is 15.8. The maximum absolute atomic E-state index is 14.2. The second kappa shape index (κ2) is 20.0. The third-order valence-electron chi connectivity index (χ3n) is 9.92. The molecule has 1 amide bonds. The lowest BCUT2D eigenvalue weighted by atomic mass is 9.89. The molecular weight excluding hydrogens is 887 g/mol. The molecule has 1 aromatic heterocycles. The molecule has 2 aliphatic heterocycles. The highest BCUT2D eigenvalue weighted by atomic mass is 35.5. The highest BCUT2D eigenvalue weighted by Crippen LogP contribution is 2.35. The van der Waals surface area contributed by atoms with Crippen LogP contribution in [0.3, 0.4) is 0 Å². The molecule has 0 aliphatic carbocycles. The molecule has 23 heteroatoms. The number of nitrogens with zero attached hydrogens (tertiary/aromatic N) is 4. The molecule has 1 N–H and O–H groups in total. The van der Waals surface area contributed by atoms with Crippen molar-refractivity contribution in [3.63, 3.8) is 0 Å². The normalized spacial score (nSPS) is 16.7. The fourth-order valence-corrected chi connectivity index (χ4v) is 8.65. The SMILES string of the molecule is Cc1cc(C)c2cccc(OCc3c(Cl)ccc(S(=O)(=O)NC4(C(=O)N5CC[N+](C)(CC[N+](C)(C)C)CC5)CCOCC4)c3Cl)c2n1.O=C([O-])C(F)(F)F.O=C([O-])C(F)(F)F. The van der Waals surface area contributed by atoms with Gasteiger partial charge in [0, 0.05) is 34.9 Å². The molecular formula is C38H47Cl2F6N5O9S. The molecule has 0 radical (unpaired) electrons. The van der Waals surface area contributed by atoms with Gasteiger partial charge in [-0.2, -0.15) is 31.1 Å². The van der Waals surface area contributed by atoms with E-state index in [1.54, 1.807) is 0 Å². The van der Waals surface area contributed by atoms with Gasteiger partial charge in [0.1, 0.15) is 53.3 Å². The summed E-state index contributed by atoms with van der Waals surface area (Å²) in [7, 11) is 4.50. The first-order valence-corrected chi connectivity index (χ1v) is 20.7. The number of carbonyl (C=O) groups excluding carboxylic acids is 3. The minimum absolute atomic E-state index is 0.0523. The number of aliphatic carboxylic acids is 2. The summed E-state index contributed by atoms with van der Waals surface area (Å²) in [6, 6.07) is 10.5. The molecule has 14 nitrogen and oxygen atoms in total. The number of piperazine rings is 1. The zero-order valence-corrected chi connectivity index (χ0v) is 36.5. The number of amides is 1. The molecule has 2 aromatic carbocycles. The van der Waals surface area contributed by atoms with E-state index >= 15 is 0 Å². The minimum atomic E-state index is -5.19. The number of aromatic nitrogens is 1. The molecule has 0 saturated carbocycles. The fraction of sp³-hybridized carbons (Fsp3) is 0.526. The van der Waals surface area contributed by atoms with Crippen molar-refractivity contribution in [1.82, 2.24) is 14.6 Å². The quantitative estimate of drug-likeness (QED) is 0.235. The second-order valence-corrected chi connectivity index (χ2v) is 18.3. The molecule has 2 fully saturated rings. The molecule has 0 unspecified atom stereocenters. The van der Waals surface area contributed by atoms with E-state index in [0.29, 0.717) is 29.9 Å². The molecule has 3 heterocycles. The zero-order valence-electron chi connectivity index (χ0n) is 34.1. The van der Waals surface area contributed by atoms with Crippen molar-refractivity contribution in [2.75, 3.05) is 80.7 Å². The van der Waals surface area contributed by atoms with Crippen molar-refractivity contribution in [2.24, 2.45) is 0 Å². The Morgan fingerprint density at radius 1 is 0.967 bits per heavy atom. The van der Waals surface area contributed by atoms with Gasteiger partial charge < -0.3 is 43.1 Å². The summed E-state index contributed by atoms with van der Waals surface area (Å²) in [5.41, 5.74) is 1.61. The number of hydrogen-bond donors (Lipinski definition) is 1. The van der Waals surface area contributed by atoms with Crippen LogP contribution in [0.25, 0.3) is 10.9 Å². The summed E-state index contributed by atoms with van der Waals surface area (Å²) in [4.78, 5) is 38.1. The van der Waals surface area contributed by atoms with Gasteiger partial charge in [0.15, 0.2) is 0 Å². The number of benzene rings is 2. The molecule has 3 aromatic rings. The molecule has 61 heavy (non-hydrogen) atoms. The molecule has 2 saturated heterocycles. The molecule has 340 valence electrons. The number of para-hydroxylation sites is 1. The van der Waals surface area contributed by atoms with Crippen molar-refractivity contribution < 1.29 is 77.8 Å². The summed E-state index contributed by atoms with van der Waals surface area (Å²) >= 11 is 13.3. The number of hydrogen-bond acceptors (Lipinski definition) is 10. The summed E-state index contributed by atoms with van der Waals surface area (Å²) in [5, 5.41) is 18.7. The van der Waals surface area contributed by atoms with Crippen LogP contribution in [0.5, 0.6) is 5.75 Å². The van der Waals surface area contributed by atoms with Gasteiger partial charge in [-0.15, -0.1) is 0 Å². The first-order chi connectivity index (χ1) is 27.9. The number of rotatable bonds is 10. The Labute approximate surface area is 359 Å². The van der Waals surface area contributed by atoms with Crippen LogP contribution in [-0.2, 0) is 35.8 Å². The van der Waals surface area contributed by atoms with Crippen LogP contribution in [0.4, 0.5) is 26.3 Å². The van der Waals surface area contributed by atoms with E-state index < -0.39 is 39.9 Å². The molecule has 2 aliphatic rings. The Morgan fingerprint density at radius 2 is 1.51 bits per heavy atom. The van der Waals surface area contributed by atoms with Gasteiger partial charge in [-0.25, -0.2) is 13.4 Å². The number of carboxylic acid groups (broad SMARTS) is 2. The van der Waals surface area contributed by atoms with Crippen LogP contribution < -0.4 is 19.7 Å². The fourth-order valence-electron chi connectivity index (χ4n) is 6.35. The lowest BCUT2D eigenvalue weighted by Crippen LogP contribution is -2.67. The van der Waals surface area contributed by atoms with Gasteiger partial charge in [-0.3, -0.25) is 4.79 Å². The lowest BCUT2D eigenvalue weighted by molar-refractivity contribution is -0.950. The summed E-state index contributed by atoms with van der Waals surface area (Å²) in [6.45, 7) is 9.16. The smallest absolute Gasteiger partial charge is 0.430 e. The number of sulfonamides is 1. The molecule has 0 bridgehead atoms. The van der Waals surface area contributed by atoms with E-state index in [9.17, 15) is 39.6 Å². The number of halogens is 8. The van der Waals surface area contributed by atoms with Crippen molar-refractivity contribution in [2.45, 2.75) is 56.1 Å². The number of quaternary nitrogens is 2. The van der Waals surface area contributed by atoms with Crippen LogP contribution in [0.2, 0.25) is 10.0 Å². The Bertz CT molecular complexity index is 2150. The van der Waals surface area contributed by atoms with E-state index in [0.717, 1.165) is 51.8 Å².